The molecular formula is C42H32N2. The highest BCUT2D eigenvalue weighted by molar-refractivity contribution is 5.82. The maximum absolute atomic E-state index is 3.62. The van der Waals surface area contributed by atoms with E-state index in [1.807, 2.05) is 6.07 Å². The second kappa shape index (κ2) is 12.6. The van der Waals surface area contributed by atoms with Crippen LogP contribution in [-0.2, 0) is 0 Å². The number of hydrogen-bond donors (Lipinski definition) is 1. The molecule has 1 N–H and O–H groups in total. The fourth-order valence-corrected chi connectivity index (χ4v) is 5.62. The molecule has 0 amide bonds. The predicted molar refractivity (Wildman–Crippen MR) is 187 cm³/mol. The van der Waals surface area contributed by atoms with E-state index in [1.54, 1.807) is 0 Å². The van der Waals surface area contributed by atoms with E-state index in [0.717, 1.165) is 28.4 Å². The smallest absolute Gasteiger partial charge is 0.0463 e. The molecule has 7 aromatic carbocycles. The Kier molecular flexibility index (Phi) is 7.71. The third kappa shape index (κ3) is 5.88. The van der Waals surface area contributed by atoms with E-state index in [0.29, 0.717) is 0 Å². The lowest BCUT2D eigenvalue weighted by Crippen LogP contribution is -2.09. The van der Waals surface area contributed by atoms with Crippen LogP contribution in [0.3, 0.4) is 0 Å². The number of benzene rings is 7. The van der Waals surface area contributed by atoms with Crippen LogP contribution in [0.4, 0.5) is 28.4 Å². The van der Waals surface area contributed by atoms with Crippen LogP contribution in [0.25, 0.3) is 33.4 Å². The molecule has 0 aliphatic carbocycles. The summed E-state index contributed by atoms with van der Waals surface area (Å²) in [5, 5.41) is 3.62. The van der Waals surface area contributed by atoms with Gasteiger partial charge in [0.2, 0.25) is 0 Å². The van der Waals surface area contributed by atoms with E-state index in [-0.39, 0.29) is 0 Å². The maximum atomic E-state index is 3.62. The average molecular weight is 565 g/mol. The highest BCUT2D eigenvalue weighted by Gasteiger charge is 2.13. The van der Waals surface area contributed by atoms with Crippen molar-refractivity contribution in [1.82, 2.24) is 0 Å². The number of nitrogens with zero attached hydrogens (tertiary/aromatic N) is 1. The van der Waals surface area contributed by atoms with Crippen LogP contribution in [-0.4, -0.2) is 0 Å². The Morgan fingerprint density at radius 2 is 0.682 bits per heavy atom. The third-order valence-corrected chi connectivity index (χ3v) is 7.88. The van der Waals surface area contributed by atoms with Gasteiger partial charge in [0.1, 0.15) is 0 Å². The molecule has 0 radical (unpaired) electrons. The highest BCUT2D eigenvalue weighted by Crippen LogP contribution is 2.37. The first-order valence-corrected chi connectivity index (χ1v) is 14.9. The molecule has 0 saturated carbocycles. The lowest BCUT2D eigenvalue weighted by Gasteiger charge is -2.26. The molecule has 0 bridgehead atoms. The SMILES string of the molecule is c1ccc(-c2ccc(N(c3ccccc3)c3ccc(-c4ccc(Nc5ccccc5-c5ccccc5)cc4)cc3)cc2)cc1. The summed E-state index contributed by atoms with van der Waals surface area (Å²) < 4.78 is 0. The first kappa shape index (κ1) is 27.0. The Labute approximate surface area is 259 Å². The van der Waals surface area contributed by atoms with Crippen molar-refractivity contribution >= 4 is 28.4 Å². The van der Waals surface area contributed by atoms with Gasteiger partial charge >= 0.3 is 0 Å². The van der Waals surface area contributed by atoms with Crippen molar-refractivity contribution in [2.24, 2.45) is 0 Å². The quantitative estimate of drug-likeness (QED) is 0.197. The van der Waals surface area contributed by atoms with Gasteiger partial charge in [-0.25, -0.2) is 0 Å². The molecule has 44 heavy (non-hydrogen) atoms. The zero-order chi connectivity index (χ0) is 29.6. The summed E-state index contributed by atoms with van der Waals surface area (Å²) in [5.74, 6) is 0. The fraction of sp³-hybridized carbons (Fsp3) is 0. The highest BCUT2D eigenvalue weighted by atomic mass is 15.1. The molecule has 0 heterocycles. The first-order chi connectivity index (χ1) is 21.8. The zero-order valence-corrected chi connectivity index (χ0v) is 24.3. The Morgan fingerprint density at radius 3 is 1.23 bits per heavy atom. The molecule has 0 fully saturated rings. The Morgan fingerprint density at radius 1 is 0.295 bits per heavy atom. The van der Waals surface area contributed by atoms with Crippen molar-refractivity contribution < 1.29 is 0 Å². The number of para-hydroxylation sites is 2. The summed E-state index contributed by atoms with van der Waals surface area (Å²) in [6.45, 7) is 0. The normalized spacial score (nSPS) is 10.7. The molecule has 0 aliphatic heterocycles. The van der Waals surface area contributed by atoms with E-state index >= 15 is 0 Å². The van der Waals surface area contributed by atoms with Gasteiger partial charge < -0.3 is 10.2 Å². The summed E-state index contributed by atoms with van der Waals surface area (Å²) >= 11 is 0. The van der Waals surface area contributed by atoms with Crippen LogP contribution in [0.2, 0.25) is 0 Å². The van der Waals surface area contributed by atoms with Crippen molar-refractivity contribution in [2.75, 3.05) is 10.2 Å². The number of anilines is 5. The Bertz CT molecular complexity index is 1930. The van der Waals surface area contributed by atoms with Gasteiger partial charge in [0.05, 0.1) is 0 Å². The molecule has 0 unspecified atom stereocenters. The van der Waals surface area contributed by atoms with Crippen LogP contribution >= 0.6 is 0 Å². The molecule has 2 heteroatoms. The molecule has 7 aromatic rings. The number of rotatable bonds is 8. The average Bonchev–Trinajstić information content (AvgIpc) is 3.11. The van der Waals surface area contributed by atoms with Crippen LogP contribution in [0.5, 0.6) is 0 Å². The molecule has 0 spiro atoms. The molecular weight excluding hydrogens is 532 g/mol. The maximum Gasteiger partial charge on any atom is 0.0463 e. The van der Waals surface area contributed by atoms with Gasteiger partial charge in [-0.05, 0) is 82.4 Å². The molecule has 0 aromatic heterocycles. The van der Waals surface area contributed by atoms with Gasteiger partial charge in [0.25, 0.3) is 0 Å². The zero-order valence-electron chi connectivity index (χ0n) is 24.3. The van der Waals surface area contributed by atoms with Crippen molar-refractivity contribution in [1.29, 1.82) is 0 Å². The predicted octanol–water partition coefficient (Wildman–Crippen LogP) is 11.9. The second-order valence-corrected chi connectivity index (χ2v) is 10.7. The van der Waals surface area contributed by atoms with Crippen LogP contribution < -0.4 is 10.2 Å². The molecule has 7 rings (SSSR count). The van der Waals surface area contributed by atoms with Gasteiger partial charge in [0.15, 0.2) is 0 Å². The minimum atomic E-state index is 1.06. The van der Waals surface area contributed by atoms with Gasteiger partial charge in [0, 0.05) is 34.0 Å². The van der Waals surface area contributed by atoms with Crippen molar-refractivity contribution in [2.45, 2.75) is 0 Å². The summed E-state index contributed by atoms with van der Waals surface area (Å²) in [5.41, 5.74) is 12.7. The number of hydrogen-bond acceptors (Lipinski definition) is 2. The minimum Gasteiger partial charge on any atom is -0.355 e. The summed E-state index contributed by atoms with van der Waals surface area (Å²) in [7, 11) is 0. The summed E-state index contributed by atoms with van der Waals surface area (Å²) in [6, 6.07) is 66.2. The monoisotopic (exact) mass is 564 g/mol. The minimum absolute atomic E-state index is 1.06. The van der Waals surface area contributed by atoms with E-state index in [9.17, 15) is 0 Å². The van der Waals surface area contributed by atoms with Crippen LogP contribution in [0, 0.1) is 0 Å². The Hall–Kier alpha value is -5.86. The van der Waals surface area contributed by atoms with E-state index in [1.165, 1.54) is 33.4 Å². The lowest BCUT2D eigenvalue weighted by atomic mass is 10.0. The molecule has 0 atom stereocenters. The first-order valence-electron chi connectivity index (χ1n) is 14.9. The van der Waals surface area contributed by atoms with Gasteiger partial charge in [-0.15, -0.1) is 0 Å². The van der Waals surface area contributed by atoms with Crippen molar-refractivity contribution in [3.8, 4) is 33.4 Å². The lowest BCUT2D eigenvalue weighted by molar-refractivity contribution is 1.28. The van der Waals surface area contributed by atoms with Crippen LogP contribution in [0.1, 0.15) is 0 Å². The van der Waals surface area contributed by atoms with Gasteiger partial charge in [-0.1, -0.05) is 133 Å². The second-order valence-electron chi connectivity index (χ2n) is 10.7. The van der Waals surface area contributed by atoms with E-state index in [2.05, 4.69) is 192 Å². The summed E-state index contributed by atoms with van der Waals surface area (Å²) in [4.78, 5) is 2.30. The topological polar surface area (TPSA) is 15.3 Å². The van der Waals surface area contributed by atoms with Crippen molar-refractivity contribution in [3.63, 3.8) is 0 Å². The Balaban J connectivity index is 1.13. The van der Waals surface area contributed by atoms with E-state index < -0.39 is 0 Å². The standard InChI is InChI=1S/C42H32N2/c1-4-12-32(13-5-1)34-22-28-39(29-23-34)44(38-16-8-3-9-17-38)40-30-24-35(25-31-40)33-20-26-37(27-21-33)43-42-19-11-10-18-41(42)36-14-6-2-7-15-36/h1-31,43H. The number of nitrogens with one attached hydrogen (secondary N) is 1. The van der Waals surface area contributed by atoms with Gasteiger partial charge in [-0.3, -0.25) is 0 Å². The molecule has 0 saturated heterocycles. The fourth-order valence-electron chi connectivity index (χ4n) is 5.62. The molecule has 210 valence electrons. The molecule has 2 nitrogen and oxygen atoms in total. The van der Waals surface area contributed by atoms with Gasteiger partial charge in [-0.2, -0.15) is 0 Å². The summed E-state index contributed by atoms with van der Waals surface area (Å²) in [6.07, 6.45) is 0. The van der Waals surface area contributed by atoms with Crippen LogP contribution in [0.15, 0.2) is 188 Å². The molecule has 0 aliphatic rings. The van der Waals surface area contributed by atoms with Crippen molar-refractivity contribution in [3.05, 3.63) is 188 Å². The largest absolute Gasteiger partial charge is 0.355 e. The third-order valence-electron chi connectivity index (χ3n) is 7.88. The van der Waals surface area contributed by atoms with E-state index in [4.69, 9.17) is 0 Å².